The van der Waals surface area contributed by atoms with Crippen molar-refractivity contribution < 1.29 is 14.0 Å². The van der Waals surface area contributed by atoms with Crippen molar-refractivity contribution in [2.45, 2.75) is 52.2 Å². The molecule has 2 rings (SSSR count). The summed E-state index contributed by atoms with van der Waals surface area (Å²) in [6.07, 6.45) is 0.228. The summed E-state index contributed by atoms with van der Waals surface area (Å²) in [5.74, 6) is -0.491. The number of rotatable bonds is 4. The molecular weight excluding hydrogens is 297 g/mol. The first kappa shape index (κ1) is 17.2. The van der Waals surface area contributed by atoms with E-state index < -0.39 is 0 Å². The Bertz CT molecular complexity index is 581. The first-order valence-electron chi connectivity index (χ1n) is 7.94. The molecule has 1 fully saturated rings. The lowest BCUT2D eigenvalue weighted by Gasteiger charge is -2.32. The first-order valence-corrected chi connectivity index (χ1v) is 7.94. The van der Waals surface area contributed by atoms with Crippen LogP contribution in [0.25, 0.3) is 0 Å². The van der Waals surface area contributed by atoms with Gasteiger partial charge in [0, 0.05) is 30.7 Å². The maximum atomic E-state index is 13.3. The van der Waals surface area contributed by atoms with Crippen molar-refractivity contribution in [1.29, 1.82) is 0 Å². The van der Waals surface area contributed by atoms with Crippen LogP contribution >= 0.6 is 0 Å². The molecule has 0 radical (unpaired) electrons. The smallest absolute Gasteiger partial charge is 0.318 e. The highest BCUT2D eigenvalue weighted by atomic mass is 19.1. The molecule has 23 heavy (non-hydrogen) atoms. The van der Waals surface area contributed by atoms with Crippen molar-refractivity contribution in [3.63, 3.8) is 0 Å². The summed E-state index contributed by atoms with van der Waals surface area (Å²) in [4.78, 5) is 27.8. The van der Waals surface area contributed by atoms with Crippen molar-refractivity contribution >= 4 is 17.6 Å². The number of nitrogens with one attached hydrogen (secondary N) is 1. The lowest BCUT2D eigenvalue weighted by atomic mass is 10.2. The number of hydrogen-bond donors (Lipinski definition) is 1. The molecule has 0 aliphatic carbocycles. The van der Waals surface area contributed by atoms with Crippen LogP contribution in [0.1, 0.15) is 34.1 Å². The number of benzene rings is 1. The molecule has 3 amide bonds. The van der Waals surface area contributed by atoms with Crippen LogP contribution in [0.4, 0.5) is 14.9 Å². The van der Waals surface area contributed by atoms with Gasteiger partial charge in [0.25, 0.3) is 0 Å². The SMILES string of the molecule is CC(C)N(C(=O)N[C@@H]1CC(=O)N(c2cccc(F)c2)C1)C(C)C. The zero-order chi connectivity index (χ0) is 17.1. The third kappa shape index (κ3) is 4.00. The summed E-state index contributed by atoms with van der Waals surface area (Å²) in [7, 11) is 0. The number of urea groups is 1. The molecule has 0 aromatic heterocycles. The van der Waals surface area contributed by atoms with E-state index in [-0.39, 0.29) is 42.3 Å². The van der Waals surface area contributed by atoms with Gasteiger partial charge in [0.15, 0.2) is 0 Å². The van der Waals surface area contributed by atoms with Gasteiger partial charge in [-0.25, -0.2) is 9.18 Å². The molecule has 1 N–H and O–H groups in total. The molecule has 0 saturated carbocycles. The fourth-order valence-electron chi connectivity index (χ4n) is 3.01. The molecule has 5 nitrogen and oxygen atoms in total. The molecule has 0 unspecified atom stereocenters. The van der Waals surface area contributed by atoms with Gasteiger partial charge in [-0.2, -0.15) is 0 Å². The molecule has 1 aliphatic heterocycles. The molecule has 126 valence electrons. The maximum absolute atomic E-state index is 13.3. The van der Waals surface area contributed by atoms with E-state index in [1.807, 2.05) is 27.7 Å². The summed E-state index contributed by atoms with van der Waals surface area (Å²) in [6, 6.07) is 5.65. The van der Waals surface area contributed by atoms with Gasteiger partial charge in [0.1, 0.15) is 5.82 Å². The number of halogens is 1. The molecule has 1 aromatic rings. The van der Waals surface area contributed by atoms with Gasteiger partial charge in [-0.1, -0.05) is 6.07 Å². The largest absolute Gasteiger partial charge is 0.333 e. The van der Waals surface area contributed by atoms with Gasteiger partial charge in [0.2, 0.25) is 5.91 Å². The Morgan fingerprint density at radius 2 is 1.96 bits per heavy atom. The minimum absolute atomic E-state index is 0.0754. The van der Waals surface area contributed by atoms with E-state index in [2.05, 4.69) is 5.32 Å². The van der Waals surface area contributed by atoms with Crippen LogP contribution in [0, 0.1) is 5.82 Å². The van der Waals surface area contributed by atoms with E-state index in [1.54, 1.807) is 17.0 Å². The van der Waals surface area contributed by atoms with Crippen molar-refractivity contribution in [3.05, 3.63) is 30.1 Å². The second-order valence-corrected chi connectivity index (χ2v) is 6.43. The predicted octanol–water partition coefficient (Wildman–Crippen LogP) is 2.76. The molecule has 1 atom stereocenters. The molecule has 1 saturated heterocycles. The molecule has 0 spiro atoms. The monoisotopic (exact) mass is 321 g/mol. The number of carbonyl (C=O) groups is 2. The zero-order valence-corrected chi connectivity index (χ0v) is 14.0. The second-order valence-electron chi connectivity index (χ2n) is 6.43. The summed E-state index contributed by atoms with van der Waals surface area (Å²) >= 11 is 0. The molecule has 6 heteroatoms. The van der Waals surface area contributed by atoms with Crippen LogP contribution in [0.3, 0.4) is 0 Å². The minimum atomic E-state index is -0.381. The van der Waals surface area contributed by atoms with E-state index in [1.165, 1.54) is 17.0 Å². The van der Waals surface area contributed by atoms with Crippen LogP contribution in [-0.2, 0) is 4.79 Å². The van der Waals surface area contributed by atoms with Gasteiger partial charge >= 0.3 is 6.03 Å². The lowest BCUT2D eigenvalue weighted by Crippen LogP contribution is -2.51. The Morgan fingerprint density at radius 3 is 2.52 bits per heavy atom. The van der Waals surface area contributed by atoms with Crippen LogP contribution in [0.2, 0.25) is 0 Å². The summed E-state index contributed by atoms with van der Waals surface area (Å²) in [6.45, 7) is 8.19. The zero-order valence-electron chi connectivity index (χ0n) is 14.0. The maximum Gasteiger partial charge on any atom is 0.318 e. The second kappa shape index (κ2) is 6.98. The van der Waals surface area contributed by atoms with Crippen molar-refractivity contribution in [3.8, 4) is 0 Å². The standard InChI is InChI=1S/C17H24FN3O2/c1-11(2)21(12(3)4)17(23)19-14-9-16(22)20(10-14)15-7-5-6-13(18)8-15/h5-8,11-12,14H,9-10H2,1-4H3,(H,19,23)/t14-/m1/s1. The van der Waals surface area contributed by atoms with Crippen LogP contribution < -0.4 is 10.2 Å². The number of carbonyl (C=O) groups excluding carboxylic acids is 2. The highest BCUT2D eigenvalue weighted by Crippen LogP contribution is 2.22. The Labute approximate surface area is 136 Å². The third-order valence-electron chi connectivity index (χ3n) is 3.92. The van der Waals surface area contributed by atoms with Gasteiger partial charge in [-0.05, 0) is 45.9 Å². The Balaban J connectivity index is 2.04. The summed E-state index contributed by atoms with van der Waals surface area (Å²) in [5, 5.41) is 2.92. The Morgan fingerprint density at radius 1 is 1.30 bits per heavy atom. The van der Waals surface area contributed by atoms with E-state index in [0.717, 1.165) is 0 Å². The minimum Gasteiger partial charge on any atom is -0.333 e. The van der Waals surface area contributed by atoms with Gasteiger partial charge in [-0.3, -0.25) is 4.79 Å². The number of hydrogen-bond acceptors (Lipinski definition) is 2. The summed E-state index contributed by atoms with van der Waals surface area (Å²) < 4.78 is 13.3. The van der Waals surface area contributed by atoms with E-state index >= 15 is 0 Å². The van der Waals surface area contributed by atoms with Crippen molar-refractivity contribution in [1.82, 2.24) is 10.2 Å². The fraction of sp³-hybridized carbons (Fsp3) is 0.529. The van der Waals surface area contributed by atoms with Crippen LogP contribution in [0.5, 0.6) is 0 Å². The van der Waals surface area contributed by atoms with Gasteiger partial charge in [0.05, 0.1) is 6.04 Å². The molecule has 1 aromatic carbocycles. The number of anilines is 1. The lowest BCUT2D eigenvalue weighted by molar-refractivity contribution is -0.117. The fourth-order valence-corrected chi connectivity index (χ4v) is 3.01. The predicted molar refractivity (Wildman–Crippen MR) is 87.8 cm³/mol. The Hall–Kier alpha value is -2.11. The van der Waals surface area contributed by atoms with Crippen LogP contribution in [-0.4, -0.2) is 41.5 Å². The number of nitrogens with zero attached hydrogens (tertiary/aromatic N) is 2. The highest BCUT2D eigenvalue weighted by molar-refractivity contribution is 5.96. The molecular formula is C17H24FN3O2. The third-order valence-corrected chi connectivity index (χ3v) is 3.92. The van der Waals surface area contributed by atoms with Crippen molar-refractivity contribution in [2.24, 2.45) is 0 Å². The van der Waals surface area contributed by atoms with Gasteiger partial charge < -0.3 is 15.1 Å². The van der Waals surface area contributed by atoms with E-state index in [4.69, 9.17) is 0 Å². The van der Waals surface area contributed by atoms with E-state index in [9.17, 15) is 14.0 Å². The van der Waals surface area contributed by atoms with E-state index in [0.29, 0.717) is 12.2 Å². The summed E-state index contributed by atoms with van der Waals surface area (Å²) in [5.41, 5.74) is 0.524. The van der Waals surface area contributed by atoms with Gasteiger partial charge in [-0.15, -0.1) is 0 Å². The topological polar surface area (TPSA) is 52.7 Å². The molecule has 0 bridgehead atoms. The van der Waals surface area contributed by atoms with Crippen molar-refractivity contribution in [2.75, 3.05) is 11.4 Å². The average Bonchev–Trinajstić information content (AvgIpc) is 2.78. The molecule has 1 heterocycles. The number of amides is 3. The average molecular weight is 321 g/mol. The molecule has 1 aliphatic rings. The Kier molecular flexibility index (Phi) is 5.23. The quantitative estimate of drug-likeness (QED) is 0.927. The first-order chi connectivity index (χ1) is 10.8. The van der Waals surface area contributed by atoms with Crippen LogP contribution in [0.15, 0.2) is 24.3 Å². The highest BCUT2D eigenvalue weighted by Gasteiger charge is 2.33. The normalized spacial score (nSPS) is 18.0.